The Hall–Kier alpha value is -1.77. The van der Waals surface area contributed by atoms with Crippen molar-refractivity contribution in [2.24, 2.45) is 5.73 Å². The van der Waals surface area contributed by atoms with Gasteiger partial charge in [-0.1, -0.05) is 0 Å². The summed E-state index contributed by atoms with van der Waals surface area (Å²) in [6, 6.07) is -2.61. The molecule has 0 aliphatic heterocycles. The fourth-order valence-electron chi connectivity index (χ4n) is 1.14. The second-order valence-corrected chi connectivity index (χ2v) is 3.10. The van der Waals surface area contributed by atoms with Crippen molar-refractivity contribution in [2.75, 3.05) is 0 Å². The van der Waals surface area contributed by atoms with Gasteiger partial charge in [0.15, 0.2) is 11.6 Å². The molecule has 0 heterocycles. The lowest BCUT2D eigenvalue weighted by atomic mass is 10.0. The van der Waals surface area contributed by atoms with Crippen LogP contribution in [0.2, 0.25) is 0 Å². The first-order chi connectivity index (χ1) is 7.64. The van der Waals surface area contributed by atoms with Gasteiger partial charge in [-0.05, 0) is 6.07 Å². The van der Waals surface area contributed by atoms with Crippen LogP contribution in [0.25, 0.3) is 0 Å². The minimum atomic E-state index is -4.99. The van der Waals surface area contributed by atoms with Crippen LogP contribution in [0.1, 0.15) is 11.6 Å². The average Bonchev–Trinajstić information content (AvgIpc) is 2.18. The highest BCUT2D eigenvalue weighted by atomic mass is 19.4. The molecule has 4 nitrogen and oxygen atoms in total. The fourth-order valence-corrected chi connectivity index (χ4v) is 1.14. The topological polar surface area (TPSA) is 69.2 Å². The maximum absolute atomic E-state index is 12.8. The number of nitrogens with zero attached hydrogens (tertiary/aromatic N) is 1. The average molecular weight is 256 g/mol. The van der Waals surface area contributed by atoms with Crippen molar-refractivity contribution in [3.63, 3.8) is 0 Å². The normalized spacial score (nSPS) is 13.5. The maximum atomic E-state index is 12.8. The van der Waals surface area contributed by atoms with Gasteiger partial charge in [-0.3, -0.25) is 10.1 Å². The van der Waals surface area contributed by atoms with Crippen LogP contribution in [-0.4, -0.2) is 11.1 Å². The first-order valence-corrected chi connectivity index (χ1v) is 4.10. The van der Waals surface area contributed by atoms with Crippen LogP contribution in [0.3, 0.4) is 0 Å². The number of nitro groups is 1. The van der Waals surface area contributed by atoms with Crippen molar-refractivity contribution >= 4 is 5.69 Å². The Morgan fingerprint density at radius 1 is 1.24 bits per heavy atom. The van der Waals surface area contributed by atoms with E-state index in [1.165, 1.54) is 0 Å². The molecule has 2 N–H and O–H groups in total. The predicted molar refractivity (Wildman–Crippen MR) is 46.0 cm³/mol. The molecule has 0 fully saturated rings. The molecule has 9 heteroatoms. The van der Waals surface area contributed by atoms with E-state index >= 15 is 0 Å². The molecule has 0 radical (unpaired) electrons. The summed E-state index contributed by atoms with van der Waals surface area (Å²) in [6.07, 6.45) is -4.99. The van der Waals surface area contributed by atoms with Crippen LogP contribution in [0.4, 0.5) is 27.6 Å². The molecule has 1 rings (SSSR count). The van der Waals surface area contributed by atoms with Gasteiger partial charge in [0.2, 0.25) is 0 Å². The van der Waals surface area contributed by atoms with E-state index < -0.39 is 40.0 Å². The zero-order valence-corrected chi connectivity index (χ0v) is 7.96. The van der Waals surface area contributed by atoms with E-state index in [1.807, 2.05) is 0 Å². The number of halogens is 5. The Morgan fingerprint density at radius 2 is 1.71 bits per heavy atom. The first kappa shape index (κ1) is 13.3. The molecule has 1 aromatic carbocycles. The molecule has 17 heavy (non-hydrogen) atoms. The zero-order chi connectivity index (χ0) is 13.4. The summed E-state index contributed by atoms with van der Waals surface area (Å²) in [7, 11) is 0. The number of alkyl halides is 3. The molecule has 0 aliphatic carbocycles. The van der Waals surface area contributed by atoms with Crippen LogP contribution >= 0.6 is 0 Å². The van der Waals surface area contributed by atoms with Gasteiger partial charge in [-0.2, -0.15) is 13.2 Å². The molecule has 0 bridgehead atoms. The molecule has 0 aliphatic rings. The third kappa shape index (κ3) is 2.67. The summed E-state index contributed by atoms with van der Waals surface area (Å²) in [4.78, 5) is 9.15. The lowest BCUT2D eigenvalue weighted by Gasteiger charge is -2.15. The van der Waals surface area contributed by atoms with Crippen LogP contribution in [0.5, 0.6) is 0 Å². The number of nitro benzene ring substituents is 1. The van der Waals surface area contributed by atoms with Crippen molar-refractivity contribution in [1.29, 1.82) is 0 Å². The molecule has 0 aromatic heterocycles. The van der Waals surface area contributed by atoms with Gasteiger partial charge in [0, 0.05) is 0 Å². The van der Waals surface area contributed by atoms with E-state index in [0.29, 0.717) is 0 Å². The SMILES string of the molecule is NC(c1cc(F)c(F)cc1[N+](=O)[O-])C(F)(F)F. The van der Waals surface area contributed by atoms with Gasteiger partial charge >= 0.3 is 6.18 Å². The highest BCUT2D eigenvalue weighted by molar-refractivity contribution is 5.43. The molecule has 1 aromatic rings. The summed E-state index contributed by atoms with van der Waals surface area (Å²) in [5.41, 5.74) is 2.37. The lowest BCUT2D eigenvalue weighted by molar-refractivity contribution is -0.386. The number of hydrogen-bond acceptors (Lipinski definition) is 3. The van der Waals surface area contributed by atoms with E-state index in [1.54, 1.807) is 0 Å². The Balaban J connectivity index is 3.41. The fraction of sp³-hybridized carbons (Fsp3) is 0.250. The number of rotatable bonds is 2. The van der Waals surface area contributed by atoms with Gasteiger partial charge in [0.1, 0.15) is 6.04 Å². The minimum absolute atomic E-state index is 0.0657. The second-order valence-electron chi connectivity index (χ2n) is 3.10. The third-order valence-corrected chi connectivity index (χ3v) is 1.95. The standard InChI is InChI=1S/C8H5F5N2O2/c9-4-1-3(7(14)8(11,12)13)6(15(16)17)2-5(4)10/h1-2,7H,14H2. The van der Waals surface area contributed by atoms with E-state index in [-0.39, 0.29) is 12.1 Å². The van der Waals surface area contributed by atoms with Crippen molar-refractivity contribution in [3.8, 4) is 0 Å². The lowest BCUT2D eigenvalue weighted by Crippen LogP contribution is -2.29. The molecule has 0 saturated carbocycles. The van der Waals surface area contributed by atoms with Crippen molar-refractivity contribution < 1.29 is 26.9 Å². The van der Waals surface area contributed by atoms with Gasteiger partial charge in [0.05, 0.1) is 16.6 Å². The Bertz CT molecular complexity index is 460. The Kier molecular flexibility index (Phi) is 3.32. The molecule has 0 saturated heterocycles. The van der Waals surface area contributed by atoms with Crippen molar-refractivity contribution in [1.82, 2.24) is 0 Å². The Morgan fingerprint density at radius 3 is 2.12 bits per heavy atom. The summed E-state index contributed by atoms with van der Waals surface area (Å²) in [5.74, 6) is -3.25. The van der Waals surface area contributed by atoms with Crippen molar-refractivity contribution in [3.05, 3.63) is 39.4 Å². The second kappa shape index (κ2) is 4.24. The van der Waals surface area contributed by atoms with Crippen molar-refractivity contribution in [2.45, 2.75) is 12.2 Å². The third-order valence-electron chi connectivity index (χ3n) is 1.95. The molecule has 0 spiro atoms. The number of benzene rings is 1. The van der Waals surface area contributed by atoms with Crippen LogP contribution in [0.15, 0.2) is 12.1 Å². The quantitative estimate of drug-likeness (QED) is 0.502. The monoisotopic (exact) mass is 256 g/mol. The van der Waals surface area contributed by atoms with E-state index in [4.69, 9.17) is 5.73 Å². The predicted octanol–water partition coefficient (Wildman–Crippen LogP) is 2.44. The van der Waals surface area contributed by atoms with Gasteiger partial charge in [-0.25, -0.2) is 8.78 Å². The first-order valence-electron chi connectivity index (χ1n) is 4.10. The van der Waals surface area contributed by atoms with Gasteiger partial charge in [-0.15, -0.1) is 0 Å². The molecular formula is C8H5F5N2O2. The maximum Gasteiger partial charge on any atom is 0.407 e. The molecule has 1 unspecified atom stereocenters. The summed E-state index contributed by atoms with van der Waals surface area (Å²) >= 11 is 0. The molecule has 94 valence electrons. The van der Waals surface area contributed by atoms with Crippen LogP contribution in [0, 0.1) is 21.7 Å². The number of nitrogens with two attached hydrogens (primary N) is 1. The van der Waals surface area contributed by atoms with Crippen LogP contribution < -0.4 is 5.73 Å². The summed E-state index contributed by atoms with van der Waals surface area (Å²) in [5, 5.41) is 10.4. The molecular weight excluding hydrogens is 251 g/mol. The van der Waals surface area contributed by atoms with Crippen LogP contribution in [-0.2, 0) is 0 Å². The van der Waals surface area contributed by atoms with Gasteiger partial charge < -0.3 is 5.73 Å². The van der Waals surface area contributed by atoms with E-state index in [0.717, 1.165) is 0 Å². The van der Waals surface area contributed by atoms with E-state index in [2.05, 4.69) is 0 Å². The molecule has 0 amide bonds. The zero-order valence-electron chi connectivity index (χ0n) is 7.96. The highest BCUT2D eigenvalue weighted by Crippen LogP contribution is 2.36. The van der Waals surface area contributed by atoms with E-state index in [9.17, 15) is 32.1 Å². The Labute approximate surface area is 91.0 Å². The largest absolute Gasteiger partial charge is 0.407 e. The smallest absolute Gasteiger partial charge is 0.316 e. The molecule has 1 atom stereocenters. The minimum Gasteiger partial charge on any atom is -0.316 e. The van der Waals surface area contributed by atoms with Gasteiger partial charge in [0.25, 0.3) is 5.69 Å². The highest BCUT2D eigenvalue weighted by Gasteiger charge is 2.41. The number of hydrogen-bond donors (Lipinski definition) is 1. The summed E-state index contributed by atoms with van der Waals surface area (Å²) in [6.45, 7) is 0. The summed E-state index contributed by atoms with van der Waals surface area (Å²) < 4.78 is 62.2.